The SMILES string of the molecule is CC(=O)N1CCO[C@@H](Cn2c(-c3c(F)cc(N4CCCC4=O)cc3F)nc3cc(Cl)ccc32)C1. The van der Waals surface area contributed by atoms with Crippen molar-refractivity contribution in [2.45, 2.75) is 32.4 Å². The fourth-order valence-electron chi connectivity index (χ4n) is 4.65. The molecule has 0 radical (unpaired) electrons. The second-order valence-corrected chi connectivity index (χ2v) is 9.01. The van der Waals surface area contributed by atoms with Crippen molar-refractivity contribution in [3.63, 3.8) is 0 Å². The van der Waals surface area contributed by atoms with Gasteiger partial charge in [-0.25, -0.2) is 13.8 Å². The Bertz CT molecular complexity index is 1270. The van der Waals surface area contributed by atoms with Crippen molar-refractivity contribution in [1.29, 1.82) is 0 Å². The van der Waals surface area contributed by atoms with Crippen molar-refractivity contribution < 1.29 is 23.1 Å². The number of ether oxygens (including phenoxy) is 1. The fraction of sp³-hybridized carbons (Fsp3) is 0.375. The zero-order valence-electron chi connectivity index (χ0n) is 18.6. The zero-order chi connectivity index (χ0) is 24.0. The highest BCUT2D eigenvalue weighted by molar-refractivity contribution is 6.31. The predicted molar refractivity (Wildman–Crippen MR) is 124 cm³/mol. The Morgan fingerprint density at radius 2 is 1.97 bits per heavy atom. The Balaban J connectivity index is 1.58. The van der Waals surface area contributed by atoms with Crippen LogP contribution in [-0.2, 0) is 20.9 Å². The van der Waals surface area contributed by atoms with Crippen LogP contribution in [0.25, 0.3) is 22.4 Å². The predicted octanol–water partition coefficient (Wildman–Crippen LogP) is 4.01. The number of aromatic nitrogens is 2. The lowest BCUT2D eigenvalue weighted by Crippen LogP contribution is -2.46. The highest BCUT2D eigenvalue weighted by Crippen LogP contribution is 2.34. The largest absolute Gasteiger partial charge is 0.373 e. The molecule has 0 N–H and O–H groups in total. The maximum atomic E-state index is 15.4. The molecule has 1 atom stereocenters. The molecule has 1 aromatic heterocycles. The van der Waals surface area contributed by atoms with E-state index in [1.165, 1.54) is 24.0 Å². The van der Waals surface area contributed by atoms with Crippen molar-refractivity contribution in [3.8, 4) is 11.4 Å². The number of anilines is 1. The summed E-state index contributed by atoms with van der Waals surface area (Å²) in [6.45, 7) is 3.41. The van der Waals surface area contributed by atoms with Gasteiger partial charge in [-0.1, -0.05) is 11.6 Å². The molecule has 0 unspecified atom stereocenters. The lowest BCUT2D eigenvalue weighted by Gasteiger charge is -2.32. The number of carbonyl (C=O) groups excluding carboxylic acids is 2. The Morgan fingerprint density at radius 1 is 1.21 bits per heavy atom. The van der Waals surface area contributed by atoms with Crippen molar-refractivity contribution in [3.05, 3.63) is 47.0 Å². The highest BCUT2D eigenvalue weighted by Gasteiger charge is 2.28. The van der Waals surface area contributed by atoms with Crippen LogP contribution in [0.2, 0.25) is 5.02 Å². The van der Waals surface area contributed by atoms with Gasteiger partial charge in [0.05, 0.1) is 35.9 Å². The summed E-state index contributed by atoms with van der Waals surface area (Å²) in [5.74, 6) is -1.74. The third-order valence-electron chi connectivity index (χ3n) is 6.32. The van der Waals surface area contributed by atoms with Gasteiger partial charge in [-0.3, -0.25) is 9.59 Å². The number of benzene rings is 2. The Labute approximate surface area is 199 Å². The van der Waals surface area contributed by atoms with Gasteiger partial charge < -0.3 is 19.1 Å². The van der Waals surface area contributed by atoms with E-state index in [0.717, 1.165) is 0 Å². The van der Waals surface area contributed by atoms with E-state index in [4.69, 9.17) is 16.3 Å². The molecule has 0 spiro atoms. The molecule has 0 bridgehead atoms. The number of morpholine rings is 1. The van der Waals surface area contributed by atoms with Crippen molar-refractivity contribution in [1.82, 2.24) is 14.5 Å². The molecule has 10 heteroatoms. The van der Waals surface area contributed by atoms with Crippen LogP contribution in [0, 0.1) is 11.6 Å². The van der Waals surface area contributed by atoms with Crippen LogP contribution >= 0.6 is 11.6 Å². The first-order chi connectivity index (χ1) is 16.3. The number of amides is 2. The van der Waals surface area contributed by atoms with Crippen molar-refractivity contribution in [2.24, 2.45) is 0 Å². The molecule has 178 valence electrons. The molecule has 2 aromatic carbocycles. The number of imidazole rings is 1. The van der Waals surface area contributed by atoms with Gasteiger partial charge in [0.1, 0.15) is 17.5 Å². The lowest BCUT2D eigenvalue weighted by molar-refractivity contribution is -0.136. The Hall–Kier alpha value is -3.04. The second-order valence-electron chi connectivity index (χ2n) is 8.57. The molecule has 2 fully saturated rings. The molecule has 7 nitrogen and oxygen atoms in total. The van der Waals surface area contributed by atoms with Gasteiger partial charge in [-0.05, 0) is 36.8 Å². The summed E-state index contributed by atoms with van der Waals surface area (Å²) in [6.07, 6.45) is 0.635. The quantitative estimate of drug-likeness (QED) is 0.556. The maximum absolute atomic E-state index is 15.4. The molecule has 2 amide bonds. The molecule has 2 saturated heterocycles. The average molecular weight is 489 g/mol. The monoisotopic (exact) mass is 488 g/mol. The summed E-state index contributed by atoms with van der Waals surface area (Å²) in [4.78, 5) is 31.5. The van der Waals surface area contributed by atoms with Crippen LogP contribution in [-0.4, -0.2) is 58.6 Å². The van der Waals surface area contributed by atoms with Crippen LogP contribution < -0.4 is 4.90 Å². The third-order valence-corrected chi connectivity index (χ3v) is 6.55. The number of rotatable bonds is 4. The minimum Gasteiger partial charge on any atom is -0.373 e. The summed E-state index contributed by atoms with van der Waals surface area (Å²) >= 11 is 6.14. The van der Waals surface area contributed by atoms with E-state index in [0.29, 0.717) is 55.1 Å². The lowest BCUT2D eigenvalue weighted by atomic mass is 10.1. The van der Waals surface area contributed by atoms with Gasteiger partial charge in [0.2, 0.25) is 11.8 Å². The molecule has 5 rings (SSSR count). The van der Waals surface area contributed by atoms with Crippen LogP contribution in [0.1, 0.15) is 19.8 Å². The number of fused-ring (bicyclic) bond motifs is 1. The van der Waals surface area contributed by atoms with E-state index in [2.05, 4.69) is 4.98 Å². The number of hydrogen-bond acceptors (Lipinski definition) is 4. The van der Waals surface area contributed by atoms with Gasteiger partial charge in [0.15, 0.2) is 0 Å². The highest BCUT2D eigenvalue weighted by atomic mass is 35.5. The first-order valence-corrected chi connectivity index (χ1v) is 11.5. The van der Waals surface area contributed by atoms with Gasteiger partial charge >= 0.3 is 0 Å². The van der Waals surface area contributed by atoms with E-state index in [1.807, 2.05) is 0 Å². The maximum Gasteiger partial charge on any atom is 0.227 e. The van der Waals surface area contributed by atoms with Crippen LogP contribution in [0.5, 0.6) is 0 Å². The zero-order valence-corrected chi connectivity index (χ0v) is 19.3. The standard InChI is InChI=1S/C24H23ClF2N4O3/c1-14(32)29-7-8-34-17(12-29)13-31-21-5-4-15(25)9-20(21)28-24(31)23-18(26)10-16(11-19(23)27)30-6-2-3-22(30)33/h4-5,9-11,17H,2-3,6-8,12-13H2,1H3/t17-/m1/s1. The topological polar surface area (TPSA) is 67.7 Å². The Morgan fingerprint density at radius 3 is 2.65 bits per heavy atom. The molecular weight excluding hydrogens is 466 g/mol. The summed E-state index contributed by atoms with van der Waals surface area (Å²) < 4.78 is 38.3. The summed E-state index contributed by atoms with van der Waals surface area (Å²) in [6, 6.07) is 7.41. The van der Waals surface area contributed by atoms with Gasteiger partial charge in [0.25, 0.3) is 0 Å². The van der Waals surface area contributed by atoms with E-state index in [1.54, 1.807) is 27.7 Å². The summed E-state index contributed by atoms with van der Waals surface area (Å²) in [7, 11) is 0. The Kier molecular flexibility index (Phi) is 5.99. The molecule has 34 heavy (non-hydrogen) atoms. The molecule has 0 saturated carbocycles. The van der Waals surface area contributed by atoms with E-state index in [9.17, 15) is 9.59 Å². The van der Waals surface area contributed by atoms with Crippen LogP contribution in [0.4, 0.5) is 14.5 Å². The van der Waals surface area contributed by atoms with Crippen molar-refractivity contribution in [2.75, 3.05) is 31.1 Å². The van der Waals surface area contributed by atoms with Gasteiger partial charge in [0, 0.05) is 43.7 Å². The van der Waals surface area contributed by atoms with Crippen molar-refractivity contribution >= 4 is 40.1 Å². The summed E-state index contributed by atoms with van der Waals surface area (Å²) in [5.41, 5.74) is 1.03. The summed E-state index contributed by atoms with van der Waals surface area (Å²) in [5, 5.41) is 0.448. The van der Waals surface area contributed by atoms with Gasteiger partial charge in [-0.2, -0.15) is 0 Å². The van der Waals surface area contributed by atoms with E-state index in [-0.39, 0.29) is 41.5 Å². The average Bonchev–Trinajstić information content (AvgIpc) is 3.37. The van der Waals surface area contributed by atoms with E-state index >= 15 is 8.78 Å². The number of hydrogen-bond donors (Lipinski definition) is 0. The molecule has 2 aliphatic rings. The number of halogens is 3. The number of carbonyl (C=O) groups is 2. The fourth-order valence-corrected chi connectivity index (χ4v) is 4.81. The first-order valence-electron chi connectivity index (χ1n) is 11.1. The molecule has 3 heterocycles. The normalized spacial score (nSPS) is 18.8. The smallest absolute Gasteiger partial charge is 0.227 e. The first kappa shape index (κ1) is 22.7. The molecule has 0 aliphatic carbocycles. The molecular formula is C24H23ClF2N4O3. The molecule has 2 aliphatic heterocycles. The van der Waals surface area contributed by atoms with Crippen LogP contribution in [0.3, 0.4) is 0 Å². The number of nitrogens with zero attached hydrogens (tertiary/aromatic N) is 4. The minimum absolute atomic E-state index is 0.0556. The third kappa shape index (κ3) is 4.14. The molecule has 3 aromatic rings. The van der Waals surface area contributed by atoms with Crippen LogP contribution in [0.15, 0.2) is 30.3 Å². The minimum atomic E-state index is -0.813. The second kappa shape index (κ2) is 8.96. The van der Waals surface area contributed by atoms with E-state index < -0.39 is 11.6 Å². The van der Waals surface area contributed by atoms with Gasteiger partial charge in [-0.15, -0.1) is 0 Å².